The van der Waals surface area contributed by atoms with E-state index in [9.17, 15) is 9.18 Å². The summed E-state index contributed by atoms with van der Waals surface area (Å²) in [4.78, 5) is 12.2. The van der Waals surface area contributed by atoms with Crippen LogP contribution in [-0.2, 0) is 0 Å². The first-order valence-corrected chi connectivity index (χ1v) is 9.07. The Hall–Kier alpha value is -2.62. The number of ketones is 1. The second-order valence-corrected chi connectivity index (χ2v) is 6.37. The van der Waals surface area contributed by atoms with E-state index in [0.717, 1.165) is 24.2 Å². The topological polar surface area (TPSA) is 35.5 Å². The van der Waals surface area contributed by atoms with Crippen LogP contribution in [0.5, 0.6) is 11.5 Å². The van der Waals surface area contributed by atoms with Crippen molar-refractivity contribution in [3.8, 4) is 11.5 Å². The molecule has 26 heavy (non-hydrogen) atoms. The Labute approximate surface area is 153 Å². The molecular weight excluding hydrogens is 331 g/mol. The van der Waals surface area contributed by atoms with Crippen LogP contribution in [0.3, 0.4) is 0 Å². The summed E-state index contributed by atoms with van der Waals surface area (Å²) in [7, 11) is 0. The fraction of sp³-hybridized carbons (Fsp3) is 0.318. The highest BCUT2D eigenvalue weighted by Gasteiger charge is 2.18. The van der Waals surface area contributed by atoms with Crippen LogP contribution >= 0.6 is 0 Å². The van der Waals surface area contributed by atoms with Crippen molar-refractivity contribution in [1.29, 1.82) is 0 Å². The fourth-order valence-electron chi connectivity index (χ4n) is 3.06. The molecule has 2 aromatic rings. The zero-order valence-corrected chi connectivity index (χ0v) is 14.9. The standard InChI is InChI=1S/C22H23FO3/c1-2-25-22-15-16(8-14-21(22)26-19-5-3-4-6-19)7-13-20(24)17-9-11-18(23)12-10-17/h7-15,19H,2-6H2,1H3/b13-7+. The predicted molar refractivity (Wildman–Crippen MR) is 100 cm³/mol. The molecule has 1 aliphatic rings. The van der Waals surface area contributed by atoms with E-state index in [1.54, 1.807) is 6.08 Å². The van der Waals surface area contributed by atoms with E-state index in [0.29, 0.717) is 17.9 Å². The van der Waals surface area contributed by atoms with Gasteiger partial charge in [0.15, 0.2) is 17.3 Å². The van der Waals surface area contributed by atoms with Gasteiger partial charge in [0.05, 0.1) is 12.7 Å². The number of halogens is 1. The molecule has 0 aliphatic heterocycles. The van der Waals surface area contributed by atoms with Crippen molar-refractivity contribution in [2.45, 2.75) is 38.7 Å². The number of carbonyl (C=O) groups excluding carboxylic acids is 1. The highest BCUT2D eigenvalue weighted by Crippen LogP contribution is 2.33. The van der Waals surface area contributed by atoms with E-state index in [1.807, 2.05) is 25.1 Å². The van der Waals surface area contributed by atoms with E-state index < -0.39 is 0 Å². The molecule has 1 fully saturated rings. The highest BCUT2D eigenvalue weighted by molar-refractivity contribution is 6.06. The number of hydrogen-bond acceptors (Lipinski definition) is 3. The molecule has 0 N–H and O–H groups in total. The molecule has 2 aromatic carbocycles. The summed E-state index contributed by atoms with van der Waals surface area (Å²) in [5.74, 6) is 0.913. The fourth-order valence-corrected chi connectivity index (χ4v) is 3.06. The molecule has 0 spiro atoms. The van der Waals surface area contributed by atoms with E-state index in [-0.39, 0.29) is 17.7 Å². The predicted octanol–water partition coefficient (Wildman–Crippen LogP) is 5.44. The molecule has 3 nitrogen and oxygen atoms in total. The first-order valence-electron chi connectivity index (χ1n) is 9.07. The lowest BCUT2D eigenvalue weighted by Crippen LogP contribution is -2.11. The average molecular weight is 354 g/mol. The van der Waals surface area contributed by atoms with Crippen molar-refractivity contribution < 1.29 is 18.7 Å². The summed E-state index contributed by atoms with van der Waals surface area (Å²) in [5, 5.41) is 0. The monoisotopic (exact) mass is 354 g/mol. The van der Waals surface area contributed by atoms with Gasteiger partial charge in [-0.3, -0.25) is 4.79 Å². The zero-order valence-electron chi connectivity index (χ0n) is 14.9. The van der Waals surface area contributed by atoms with E-state index in [1.165, 1.54) is 43.2 Å². The summed E-state index contributed by atoms with van der Waals surface area (Å²) >= 11 is 0. The SMILES string of the molecule is CCOc1cc(/C=C/C(=O)c2ccc(F)cc2)ccc1OC1CCCC1. The number of hydrogen-bond donors (Lipinski definition) is 0. The van der Waals surface area contributed by atoms with Gasteiger partial charge in [-0.05, 0) is 80.6 Å². The van der Waals surface area contributed by atoms with Gasteiger partial charge in [0.2, 0.25) is 0 Å². The van der Waals surface area contributed by atoms with Crippen LogP contribution in [0.4, 0.5) is 4.39 Å². The number of rotatable bonds is 7. The molecule has 0 heterocycles. The van der Waals surface area contributed by atoms with Crippen molar-refractivity contribution in [3.63, 3.8) is 0 Å². The molecular formula is C22H23FO3. The van der Waals surface area contributed by atoms with Crippen LogP contribution < -0.4 is 9.47 Å². The summed E-state index contributed by atoms with van der Waals surface area (Å²) in [6.07, 6.45) is 8.06. The maximum atomic E-state index is 12.9. The maximum Gasteiger partial charge on any atom is 0.185 e. The van der Waals surface area contributed by atoms with Crippen molar-refractivity contribution in [2.75, 3.05) is 6.61 Å². The summed E-state index contributed by atoms with van der Waals surface area (Å²) in [6, 6.07) is 11.2. The Balaban J connectivity index is 1.73. The first kappa shape index (κ1) is 18.2. The summed E-state index contributed by atoms with van der Waals surface area (Å²) < 4.78 is 24.7. The van der Waals surface area contributed by atoms with Gasteiger partial charge in [-0.1, -0.05) is 12.1 Å². The van der Waals surface area contributed by atoms with Gasteiger partial charge in [-0.25, -0.2) is 4.39 Å². The Kier molecular flexibility index (Phi) is 6.05. The van der Waals surface area contributed by atoms with Crippen LogP contribution in [0.15, 0.2) is 48.5 Å². The molecule has 1 saturated carbocycles. The minimum atomic E-state index is -0.357. The molecule has 0 unspecified atom stereocenters. The number of benzene rings is 2. The van der Waals surface area contributed by atoms with Gasteiger partial charge in [-0.15, -0.1) is 0 Å². The van der Waals surface area contributed by atoms with E-state index in [2.05, 4.69) is 0 Å². The van der Waals surface area contributed by atoms with Gasteiger partial charge >= 0.3 is 0 Å². The second kappa shape index (κ2) is 8.65. The normalized spacial score (nSPS) is 14.7. The Morgan fingerprint density at radius 1 is 1.12 bits per heavy atom. The van der Waals surface area contributed by atoms with Gasteiger partial charge in [0.1, 0.15) is 5.82 Å². The molecule has 0 atom stereocenters. The third kappa shape index (κ3) is 4.72. The molecule has 3 rings (SSSR count). The lowest BCUT2D eigenvalue weighted by Gasteiger charge is -2.17. The van der Waals surface area contributed by atoms with Gasteiger partial charge < -0.3 is 9.47 Å². The van der Waals surface area contributed by atoms with Crippen molar-refractivity contribution in [1.82, 2.24) is 0 Å². The lowest BCUT2D eigenvalue weighted by atomic mass is 10.1. The van der Waals surface area contributed by atoms with Gasteiger partial charge in [0, 0.05) is 5.56 Å². The summed E-state index contributed by atoms with van der Waals surface area (Å²) in [5.41, 5.74) is 1.30. The Morgan fingerprint density at radius 2 is 1.85 bits per heavy atom. The second-order valence-electron chi connectivity index (χ2n) is 6.37. The third-order valence-corrected chi connectivity index (χ3v) is 4.42. The van der Waals surface area contributed by atoms with E-state index in [4.69, 9.17) is 9.47 Å². The minimum absolute atomic E-state index is 0.172. The molecule has 4 heteroatoms. The van der Waals surface area contributed by atoms with Crippen LogP contribution in [0.25, 0.3) is 6.08 Å². The quantitative estimate of drug-likeness (QED) is 0.490. The first-order chi connectivity index (χ1) is 12.7. The average Bonchev–Trinajstić information content (AvgIpc) is 3.15. The molecule has 136 valence electrons. The molecule has 0 bridgehead atoms. The Morgan fingerprint density at radius 3 is 2.54 bits per heavy atom. The molecule has 0 radical (unpaired) electrons. The van der Waals surface area contributed by atoms with Gasteiger partial charge in [0.25, 0.3) is 0 Å². The number of allylic oxidation sites excluding steroid dienone is 1. The number of carbonyl (C=O) groups is 1. The smallest absolute Gasteiger partial charge is 0.185 e. The Bertz CT molecular complexity index is 774. The third-order valence-electron chi connectivity index (χ3n) is 4.42. The van der Waals surface area contributed by atoms with Crippen molar-refractivity contribution >= 4 is 11.9 Å². The molecule has 0 aromatic heterocycles. The molecule has 0 saturated heterocycles. The van der Waals surface area contributed by atoms with Crippen LogP contribution in [0.2, 0.25) is 0 Å². The molecule has 1 aliphatic carbocycles. The molecule has 0 amide bonds. The van der Waals surface area contributed by atoms with Crippen molar-refractivity contribution in [3.05, 3.63) is 65.5 Å². The lowest BCUT2D eigenvalue weighted by molar-refractivity contribution is 0.104. The van der Waals surface area contributed by atoms with Gasteiger partial charge in [-0.2, -0.15) is 0 Å². The van der Waals surface area contributed by atoms with Crippen LogP contribution in [-0.4, -0.2) is 18.5 Å². The largest absolute Gasteiger partial charge is 0.490 e. The van der Waals surface area contributed by atoms with Crippen LogP contribution in [0, 0.1) is 5.82 Å². The van der Waals surface area contributed by atoms with E-state index >= 15 is 0 Å². The zero-order chi connectivity index (χ0) is 18.4. The highest BCUT2D eigenvalue weighted by atomic mass is 19.1. The van der Waals surface area contributed by atoms with Crippen molar-refractivity contribution in [2.24, 2.45) is 0 Å². The maximum absolute atomic E-state index is 12.9. The summed E-state index contributed by atoms with van der Waals surface area (Å²) in [6.45, 7) is 2.47. The number of ether oxygens (including phenoxy) is 2. The minimum Gasteiger partial charge on any atom is -0.490 e. The van der Waals surface area contributed by atoms with Crippen LogP contribution in [0.1, 0.15) is 48.5 Å².